The van der Waals surface area contributed by atoms with Gasteiger partial charge in [0.15, 0.2) is 0 Å². The van der Waals surface area contributed by atoms with Gasteiger partial charge in [-0.3, -0.25) is 9.13 Å². The largest absolute Gasteiger partial charge is 0.444 e. The second kappa shape index (κ2) is 20.5. The first-order valence-corrected chi connectivity index (χ1v) is 24.3. The zero-order valence-electron chi connectivity index (χ0n) is 39.9. The van der Waals surface area contributed by atoms with Crippen molar-refractivity contribution in [3.05, 3.63) is 179 Å². The summed E-state index contributed by atoms with van der Waals surface area (Å²) in [7, 11) is 0. The van der Waals surface area contributed by atoms with E-state index in [0.29, 0.717) is 63.9 Å². The second-order valence-corrected chi connectivity index (χ2v) is 19.6. The molecule has 4 aromatic carbocycles. The van der Waals surface area contributed by atoms with E-state index in [9.17, 15) is 18.7 Å². The summed E-state index contributed by atoms with van der Waals surface area (Å²) in [6.07, 6.45) is 8.91. The van der Waals surface area contributed by atoms with Crippen molar-refractivity contribution >= 4 is 33.9 Å². The Hall–Kier alpha value is -7.37. The third-order valence-corrected chi connectivity index (χ3v) is 12.9. The van der Waals surface area contributed by atoms with Crippen molar-refractivity contribution in [1.29, 1.82) is 0 Å². The van der Waals surface area contributed by atoms with E-state index >= 15 is 0 Å². The van der Waals surface area contributed by atoms with Crippen LogP contribution in [0.1, 0.15) is 89.2 Å². The van der Waals surface area contributed by atoms with Crippen LogP contribution >= 0.6 is 15.9 Å². The van der Waals surface area contributed by atoms with E-state index in [-0.39, 0.29) is 41.9 Å². The van der Waals surface area contributed by atoms with Crippen LogP contribution in [-0.2, 0) is 10.3 Å². The van der Waals surface area contributed by atoms with E-state index < -0.39 is 11.2 Å². The van der Waals surface area contributed by atoms with Gasteiger partial charge in [-0.2, -0.15) is 9.97 Å². The Labute approximate surface area is 419 Å². The summed E-state index contributed by atoms with van der Waals surface area (Å²) in [6.45, 7) is 9.66. The second-order valence-electron chi connectivity index (χ2n) is 18.8. The fourth-order valence-corrected chi connectivity index (χ4v) is 9.47. The minimum absolute atomic E-state index is 0.0299. The molecule has 0 spiro atoms. The first kappa shape index (κ1) is 48.6. The molecule has 5 atom stereocenters. The van der Waals surface area contributed by atoms with Crippen LogP contribution in [-0.4, -0.2) is 72.8 Å². The number of carbonyl (C=O) groups is 1. The Morgan fingerprint density at radius 1 is 0.676 bits per heavy atom. The van der Waals surface area contributed by atoms with Crippen LogP contribution in [0.15, 0.2) is 151 Å². The molecule has 71 heavy (non-hydrogen) atoms. The smallest absolute Gasteiger partial charge is 0.410 e. The normalized spacial score (nSPS) is 18.2. The number of carbonyl (C=O) groups excluding carboxylic acids is 1. The maximum absolute atomic E-state index is 13.9. The van der Waals surface area contributed by atoms with Crippen molar-refractivity contribution in [2.45, 2.75) is 95.7 Å². The van der Waals surface area contributed by atoms with Crippen LogP contribution in [0.2, 0.25) is 0 Å². The molecule has 2 bridgehead atoms. The first-order chi connectivity index (χ1) is 34.1. The third-order valence-electron chi connectivity index (χ3n) is 12.5. The number of rotatable bonds is 11. The van der Waals surface area contributed by atoms with Gasteiger partial charge in [0, 0.05) is 60.8 Å². The molecule has 4 aromatic heterocycles. The van der Waals surface area contributed by atoms with Gasteiger partial charge >= 0.3 is 6.09 Å². The van der Waals surface area contributed by atoms with Crippen LogP contribution < -0.4 is 10.6 Å². The molecule has 1 unspecified atom stereocenters. The molecule has 2 aliphatic heterocycles. The van der Waals surface area contributed by atoms with Gasteiger partial charge < -0.3 is 25.4 Å². The average molecular weight is 1020 g/mol. The van der Waals surface area contributed by atoms with Gasteiger partial charge in [0.2, 0.25) is 11.9 Å². The first-order valence-electron chi connectivity index (χ1n) is 23.5. The van der Waals surface area contributed by atoms with E-state index in [1.54, 1.807) is 59.9 Å². The third kappa shape index (κ3) is 11.3. The lowest BCUT2D eigenvalue weighted by molar-refractivity contribution is -0.0645. The molecular formula is C54H54BrF2N11O3. The molecule has 8 aromatic rings. The van der Waals surface area contributed by atoms with Gasteiger partial charge in [-0.15, -0.1) is 0 Å². The fourth-order valence-electron chi connectivity index (χ4n) is 9.10. The Morgan fingerprint density at radius 2 is 1.13 bits per heavy atom. The summed E-state index contributed by atoms with van der Waals surface area (Å²) in [5, 5.41) is 18.8. The van der Waals surface area contributed by atoms with Crippen LogP contribution in [0.3, 0.4) is 0 Å². The number of benzene rings is 4. The highest BCUT2D eigenvalue weighted by atomic mass is 79.9. The Kier molecular flexibility index (Phi) is 14.1. The molecule has 1 amide bonds. The number of ether oxygens (including phenoxy) is 1. The van der Waals surface area contributed by atoms with Gasteiger partial charge in [-0.1, -0.05) is 60.7 Å². The number of fused-ring (bicyclic) bond motifs is 2. The Balaban J connectivity index is 0.000000192. The molecule has 14 nitrogen and oxygen atoms in total. The van der Waals surface area contributed by atoms with Crippen molar-refractivity contribution in [2.24, 2.45) is 0 Å². The maximum atomic E-state index is 13.9. The van der Waals surface area contributed by atoms with E-state index in [0.717, 1.165) is 29.5 Å². The molecule has 2 aliphatic rings. The molecule has 0 radical (unpaired) electrons. The molecular weight excluding hydrogens is 969 g/mol. The summed E-state index contributed by atoms with van der Waals surface area (Å²) in [5.74, 6) is 2.71. The number of imidazole rings is 2. The topological polar surface area (TPSA) is 161 Å². The van der Waals surface area contributed by atoms with Crippen molar-refractivity contribution in [3.63, 3.8) is 0 Å². The number of nitrogens with zero attached hydrogens (tertiary/aromatic N) is 9. The number of hydrogen-bond acceptors (Lipinski definition) is 11. The van der Waals surface area contributed by atoms with Gasteiger partial charge in [-0.25, -0.2) is 33.5 Å². The van der Waals surface area contributed by atoms with Crippen LogP contribution in [0, 0.1) is 11.6 Å². The van der Waals surface area contributed by atoms with Gasteiger partial charge in [-0.05, 0) is 135 Å². The summed E-state index contributed by atoms with van der Waals surface area (Å²) in [4.78, 5) is 42.4. The molecule has 0 saturated carbocycles. The van der Waals surface area contributed by atoms with Gasteiger partial charge in [0.1, 0.15) is 50.7 Å². The van der Waals surface area contributed by atoms with E-state index in [1.165, 1.54) is 24.3 Å². The molecule has 0 aliphatic carbocycles. The predicted molar refractivity (Wildman–Crippen MR) is 272 cm³/mol. The molecule has 364 valence electrons. The van der Waals surface area contributed by atoms with Crippen LogP contribution in [0.25, 0.3) is 34.4 Å². The highest BCUT2D eigenvalue weighted by molar-refractivity contribution is 9.10. The number of anilines is 2. The minimum atomic E-state index is -1.26. The lowest BCUT2D eigenvalue weighted by Gasteiger charge is -2.43. The summed E-state index contributed by atoms with van der Waals surface area (Å²) < 4.78 is 37.1. The number of aliphatic hydroxyl groups is 1. The highest BCUT2D eigenvalue weighted by Gasteiger charge is 2.52. The number of halogens is 3. The van der Waals surface area contributed by atoms with Crippen molar-refractivity contribution < 1.29 is 23.4 Å². The lowest BCUT2D eigenvalue weighted by atomic mass is 9.84. The van der Waals surface area contributed by atoms with E-state index in [4.69, 9.17) is 14.7 Å². The monoisotopic (exact) mass is 1020 g/mol. The summed E-state index contributed by atoms with van der Waals surface area (Å²) in [5.41, 5.74) is 2.33. The number of piperidine rings is 1. The van der Waals surface area contributed by atoms with Crippen LogP contribution in [0.5, 0.6) is 0 Å². The average Bonchev–Trinajstić information content (AvgIpc) is 4.07. The molecule has 2 saturated heterocycles. The molecule has 17 heteroatoms. The number of nitrogens with one attached hydrogen (secondary N) is 2. The highest BCUT2D eigenvalue weighted by Crippen LogP contribution is 2.46. The zero-order valence-corrected chi connectivity index (χ0v) is 41.5. The number of amides is 1. The minimum Gasteiger partial charge on any atom is -0.444 e. The summed E-state index contributed by atoms with van der Waals surface area (Å²) >= 11 is 3.42. The lowest BCUT2D eigenvalue weighted by Crippen LogP contribution is -2.53. The fraction of sp³-hybridized carbons (Fsp3) is 0.278. The Morgan fingerprint density at radius 3 is 1.59 bits per heavy atom. The van der Waals surface area contributed by atoms with Crippen LogP contribution in [0.4, 0.5) is 25.5 Å². The van der Waals surface area contributed by atoms with Crippen molar-refractivity contribution in [1.82, 2.24) is 43.9 Å². The van der Waals surface area contributed by atoms with Gasteiger partial charge in [0.25, 0.3) is 0 Å². The standard InChI is InChI=1S/C33H37FN6O3.C21H17BrFN5/c1-21(22-8-6-5-7-9-22)36-30-35-17-16-28(38-30)39-20-27(37-29(39)23-10-12-24(34)13-11-23)33(42)18-25-14-15-26(19-33)40(25)31(41)43-32(2,3)4;1-14(15-5-3-2-4-6-15)25-21-24-12-11-19(27-21)28-13-18(22)26-20(28)16-7-9-17(23)10-8-16/h5-13,16-17,20-21,25-26,42H,14-15,18-19H2,1-4H3,(H,35,36,38);2-14H,1H3,(H,24,25,27)/t21-,25-,26+,33?;14-/m00/s1. The van der Waals surface area contributed by atoms with E-state index in [2.05, 4.69) is 65.6 Å². The predicted octanol–water partition coefficient (Wildman–Crippen LogP) is 11.8. The molecule has 3 N–H and O–H groups in total. The quantitative estimate of drug-likeness (QED) is 0.113. The zero-order chi connectivity index (χ0) is 49.9. The summed E-state index contributed by atoms with van der Waals surface area (Å²) in [6, 6.07) is 35.7. The maximum Gasteiger partial charge on any atom is 0.410 e. The van der Waals surface area contributed by atoms with Gasteiger partial charge in [0.05, 0.1) is 17.8 Å². The number of aromatic nitrogens is 8. The van der Waals surface area contributed by atoms with Crippen molar-refractivity contribution in [2.75, 3.05) is 10.6 Å². The van der Waals surface area contributed by atoms with E-state index in [1.807, 2.05) is 91.6 Å². The Bertz CT molecular complexity index is 3080. The molecule has 2 fully saturated rings. The van der Waals surface area contributed by atoms with Crippen molar-refractivity contribution in [3.8, 4) is 34.4 Å². The molecule has 10 rings (SSSR count). The molecule has 6 heterocycles. The SMILES string of the molecule is C[C@H](Nc1nccc(-n2cc(Br)nc2-c2ccc(F)cc2)n1)c1ccccc1.C[C@H](Nc1nccc(-n2cc(C3(O)C[C@H]4CC[C@@H](C3)N4C(=O)OC(C)(C)C)nc2-c2ccc(F)cc2)n1)c1ccccc1. The number of hydrogen-bond donors (Lipinski definition) is 3.